The van der Waals surface area contributed by atoms with Crippen LogP contribution in [0.15, 0.2) is 32.8 Å². The number of anilines is 1. The minimum atomic E-state index is -0.494. The molecule has 0 unspecified atom stereocenters. The predicted molar refractivity (Wildman–Crippen MR) is 140 cm³/mol. The molecule has 1 amide bonds. The van der Waals surface area contributed by atoms with E-state index in [4.69, 9.17) is 4.74 Å². The molecule has 0 aliphatic heterocycles. The second-order valence-corrected chi connectivity index (χ2v) is 11.5. The zero-order valence-corrected chi connectivity index (χ0v) is 22.6. The van der Waals surface area contributed by atoms with E-state index < -0.39 is 16.7 Å². The first-order valence-electron chi connectivity index (χ1n) is 11.2. The van der Waals surface area contributed by atoms with Gasteiger partial charge in [-0.25, -0.2) is 14.8 Å². The number of thioether (sulfide) groups is 1. The summed E-state index contributed by atoms with van der Waals surface area (Å²) in [6.45, 7) is 12.1. The fraction of sp³-hybridized carbons (Fsp3) is 0.480. The Morgan fingerprint density at radius 3 is 2.26 bits per heavy atom. The van der Waals surface area contributed by atoms with E-state index in [9.17, 15) is 14.4 Å². The van der Waals surface area contributed by atoms with Crippen LogP contribution < -0.4 is 21.3 Å². The number of carbonyl (C=O) groups excluding carboxylic acids is 1. The molecule has 0 saturated heterocycles. The van der Waals surface area contributed by atoms with Crippen LogP contribution >= 0.6 is 11.8 Å². The smallest absolute Gasteiger partial charge is 0.332 e. The van der Waals surface area contributed by atoms with Gasteiger partial charge in [-0.15, -0.1) is 0 Å². The van der Waals surface area contributed by atoms with Gasteiger partial charge in [0.1, 0.15) is 22.0 Å². The maximum absolute atomic E-state index is 13.0. The first-order valence-corrected chi connectivity index (χ1v) is 12.2. The minimum Gasteiger partial charge on any atom is -0.495 e. The van der Waals surface area contributed by atoms with Crippen LogP contribution in [-0.4, -0.2) is 37.9 Å². The monoisotopic (exact) mass is 499 g/mol. The molecule has 35 heavy (non-hydrogen) atoms. The lowest BCUT2D eigenvalue weighted by molar-refractivity contribution is -0.113. The van der Waals surface area contributed by atoms with Crippen LogP contribution in [0.2, 0.25) is 0 Å². The number of benzene rings is 1. The van der Waals surface area contributed by atoms with Gasteiger partial charge in [0, 0.05) is 19.5 Å². The summed E-state index contributed by atoms with van der Waals surface area (Å²) in [6.07, 6.45) is 0. The third-order valence-corrected chi connectivity index (χ3v) is 6.59. The van der Waals surface area contributed by atoms with Crippen molar-refractivity contribution in [1.82, 2.24) is 19.1 Å². The number of aromatic nitrogens is 4. The van der Waals surface area contributed by atoms with Crippen molar-refractivity contribution >= 4 is 34.4 Å². The molecule has 188 valence electrons. The molecule has 0 atom stereocenters. The normalized spacial score (nSPS) is 12.1. The van der Waals surface area contributed by atoms with Gasteiger partial charge < -0.3 is 10.1 Å². The van der Waals surface area contributed by atoms with Crippen LogP contribution in [0.25, 0.3) is 11.0 Å². The second kappa shape index (κ2) is 9.49. The van der Waals surface area contributed by atoms with Gasteiger partial charge in [0.05, 0.1) is 18.6 Å². The largest absolute Gasteiger partial charge is 0.495 e. The number of carbonyl (C=O) groups is 1. The molecule has 2 aromatic heterocycles. The summed E-state index contributed by atoms with van der Waals surface area (Å²) in [6, 6.07) is 5.72. The summed E-state index contributed by atoms with van der Waals surface area (Å²) in [5.41, 5.74) is 0.393. The summed E-state index contributed by atoms with van der Waals surface area (Å²) >= 11 is 1.14. The Kier molecular flexibility index (Phi) is 7.17. The molecule has 10 heteroatoms. The van der Waals surface area contributed by atoms with Crippen molar-refractivity contribution in [2.45, 2.75) is 57.4 Å². The number of amides is 1. The van der Waals surface area contributed by atoms with Gasteiger partial charge in [-0.3, -0.25) is 18.7 Å². The van der Waals surface area contributed by atoms with Crippen LogP contribution in [0, 0.1) is 0 Å². The summed E-state index contributed by atoms with van der Waals surface area (Å²) in [4.78, 5) is 47.5. The van der Waals surface area contributed by atoms with E-state index in [0.29, 0.717) is 22.3 Å². The highest BCUT2D eigenvalue weighted by molar-refractivity contribution is 8.00. The molecule has 0 bridgehead atoms. The van der Waals surface area contributed by atoms with Crippen molar-refractivity contribution in [2.75, 3.05) is 18.2 Å². The molecule has 3 aromatic rings. The zero-order chi connectivity index (χ0) is 26.3. The third kappa shape index (κ3) is 5.42. The van der Waals surface area contributed by atoms with Crippen molar-refractivity contribution in [3.63, 3.8) is 0 Å². The molecular weight excluding hydrogens is 466 g/mol. The molecule has 0 aliphatic rings. The van der Waals surface area contributed by atoms with Crippen LogP contribution in [0.4, 0.5) is 5.69 Å². The quantitative estimate of drug-likeness (QED) is 0.424. The molecule has 1 aromatic carbocycles. The van der Waals surface area contributed by atoms with E-state index in [1.165, 1.54) is 11.6 Å². The highest BCUT2D eigenvalue weighted by Crippen LogP contribution is 2.32. The standard InChI is InChI=1S/C25H33N5O4S/c1-24(2,3)14-10-11-16(34-9)15(12-14)26-17(31)13-35-20-18-19(27-22(28-20)25(4,5)6)29(7)23(33)30(8)21(18)32/h10-12H,13H2,1-9H3,(H,26,31). The predicted octanol–water partition coefficient (Wildman–Crippen LogP) is 3.36. The van der Waals surface area contributed by atoms with Gasteiger partial charge in [-0.1, -0.05) is 59.4 Å². The van der Waals surface area contributed by atoms with Crippen molar-refractivity contribution < 1.29 is 9.53 Å². The number of rotatable bonds is 5. The fourth-order valence-electron chi connectivity index (χ4n) is 3.46. The SMILES string of the molecule is COc1ccc(C(C)(C)C)cc1NC(=O)CSc1nc(C(C)(C)C)nc2c1c(=O)n(C)c(=O)n2C. The average molecular weight is 500 g/mol. The first-order chi connectivity index (χ1) is 16.1. The van der Waals surface area contributed by atoms with Crippen molar-refractivity contribution in [3.05, 3.63) is 50.4 Å². The summed E-state index contributed by atoms with van der Waals surface area (Å²) < 4.78 is 7.78. The lowest BCUT2D eigenvalue weighted by atomic mass is 9.87. The molecule has 0 radical (unpaired) electrons. The Labute approximate surface area is 208 Å². The topological polar surface area (TPSA) is 108 Å². The van der Waals surface area contributed by atoms with Crippen LogP contribution in [0.5, 0.6) is 5.75 Å². The number of nitrogens with one attached hydrogen (secondary N) is 1. The van der Waals surface area contributed by atoms with Gasteiger partial charge in [-0.2, -0.15) is 0 Å². The first kappa shape index (κ1) is 26.5. The molecule has 1 N–H and O–H groups in total. The minimum absolute atomic E-state index is 0.00455. The lowest BCUT2D eigenvalue weighted by Crippen LogP contribution is -2.38. The molecule has 0 fully saturated rings. The number of hydrogen-bond donors (Lipinski definition) is 1. The summed E-state index contributed by atoms with van der Waals surface area (Å²) in [5.74, 6) is 0.772. The Morgan fingerprint density at radius 1 is 1.03 bits per heavy atom. The van der Waals surface area contributed by atoms with E-state index in [1.54, 1.807) is 14.2 Å². The van der Waals surface area contributed by atoms with Crippen LogP contribution in [-0.2, 0) is 29.7 Å². The number of fused-ring (bicyclic) bond motifs is 1. The fourth-order valence-corrected chi connectivity index (χ4v) is 4.28. The zero-order valence-electron chi connectivity index (χ0n) is 21.8. The number of hydrogen-bond acceptors (Lipinski definition) is 7. The summed E-state index contributed by atoms with van der Waals surface area (Å²) in [7, 11) is 4.54. The van der Waals surface area contributed by atoms with Gasteiger partial charge in [0.2, 0.25) is 5.91 Å². The highest BCUT2D eigenvalue weighted by Gasteiger charge is 2.24. The molecule has 0 saturated carbocycles. The van der Waals surface area contributed by atoms with Crippen molar-refractivity contribution in [1.29, 1.82) is 0 Å². The van der Waals surface area contributed by atoms with E-state index in [0.717, 1.165) is 21.9 Å². The van der Waals surface area contributed by atoms with Crippen LogP contribution in [0.1, 0.15) is 52.9 Å². The lowest BCUT2D eigenvalue weighted by Gasteiger charge is -2.21. The summed E-state index contributed by atoms with van der Waals surface area (Å²) in [5, 5.41) is 3.50. The number of ether oxygens (including phenoxy) is 1. The number of methoxy groups -OCH3 is 1. The highest BCUT2D eigenvalue weighted by atomic mass is 32.2. The third-order valence-electron chi connectivity index (χ3n) is 5.62. The molecule has 2 heterocycles. The number of aryl methyl sites for hydroxylation is 1. The molecule has 0 aliphatic carbocycles. The Morgan fingerprint density at radius 2 is 1.69 bits per heavy atom. The van der Waals surface area contributed by atoms with E-state index in [-0.39, 0.29) is 28.1 Å². The molecule has 0 spiro atoms. The maximum atomic E-state index is 13.0. The van der Waals surface area contributed by atoms with E-state index >= 15 is 0 Å². The molecule has 3 rings (SSSR count). The van der Waals surface area contributed by atoms with Crippen molar-refractivity contribution in [3.8, 4) is 5.75 Å². The second-order valence-electron chi connectivity index (χ2n) is 10.5. The maximum Gasteiger partial charge on any atom is 0.332 e. The van der Waals surface area contributed by atoms with Gasteiger partial charge in [0.25, 0.3) is 5.56 Å². The Bertz CT molecular complexity index is 1410. The number of nitrogens with zero attached hydrogens (tertiary/aromatic N) is 4. The van der Waals surface area contributed by atoms with Gasteiger partial charge in [-0.05, 0) is 23.1 Å². The average Bonchev–Trinajstić information content (AvgIpc) is 2.78. The van der Waals surface area contributed by atoms with Gasteiger partial charge >= 0.3 is 5.69 Å². The van der Waals surface area contributed by atoms with E-state index in [2.05, 4.69) is 36.1 Å². The Balaban J connectivity index is 2.00. The molecular formula is C25H33N5O4S. The van der Waals surface area contributed by atoms with Crippen molar-refractivity contribution in [2.24, 2.45) is 14.1 Å². The van der Waals surface area contributed by atoms with Gasteiger partial charge in [0.15, 0.2) is 5.65 Å². The Hall–Kier alpha value is -3.14. The molecule has 9 nitrogen and oxygen atoms in total. The van der Waals surface area contributed by atoms with Crippen LogP contribution in [0.3, 0.4) is 0 Å². The van der Waals surface area contributed by atoms with E-state index in [1.807, 2.05) is 39.0 Å².